The van der Waals surface area contributed by atoms with Crippen molar-refractivity contribution < 1.29 is 4.79 Å². The molecule has 0 saturated heterocycles. The summed E-state index contributed by atoms with van der Waals surface area (Å²) >= 11 is 3.46. The van der Waals surface area contributed by atoms with E-state index in [0.717, 1.165) is 21.3 Å². The van der Waals surface area contributed by atoms with Gasteiger partial charge < -0.3 is 5.32 Å². The molecule has 0 saturated carbocycles. The minimum atomic E-state index is 0.0763. The molecule has 3 heteroatoms. The zero-order valence-electron chi connectivity index (χ0n) is 9.69. The Morgan fingerprint density at radius 2 is 1.89 bits per heavy atom. The van der Waals surface area contributed by atoms with Crippen LogP contribution >= 0.6 is 15.9 Å². The number of hydrogen-bond acceptors (Lipinski definition) is 2. The second-order valence-electron chi connectivity index (χ2n) is 4.42. The number of carbonyl (C=O) groups is 1. The first kappa shape index (κ1) is 11.5. The fourth-order valence-corrected chi connectivity index (χ4v) is 2.72. The van der Waals surface area contributed by atoms with Gasteiger partial charge in [-0.2, -0.15) is 0 Å². The van der Waals surface area contributed by atoms with Gasteiger partial charge >= 0.3 is 0 Å². The molecular formula is C15H12BrNO. The predicted octanol–water partition coefficient (Wildman–Crippen LogP) is 4.19. The summed E-state index contributed by atoms with van der Waals surface area (Å²) < 4.78 is 1.01. The van der Waals surface area contributed by atoms with Gasteiger partial charge in [0, 0.05) is 22.1 Å². The van der Waals surface area contributed by atoms with Gasteiger partial charge in [-0.25, -0.2) is 0 Å². The molecule has 0 aromatic heterocycles. The largest absolute Gasteiger partial charge is 0.378 e. The van der Waals surface area contributed by atoms with Crippen molar-refractivity contribution in [1.82, 2.24) is 0 Å². The average Bonchev–Trinajstić information content (AvgIpc) is 2.67. The normalized spacial score (nSPS) is 17.6. The van der Waals surface area contributed by atoms with Crippen LogP contribution in [-0.2, 0) is 0 Å². The minimum absolute atomic E-state index is 0.0763. The third kappa shape index (κ3) is 2.06. The Hall–Kier alpha value is -1.61. The summed E-state index contributed by atoms with van der Waals surface area (Å²) in [7, 11) is 0. The fourth-order valence-electron chi connectivity index (χ4n) is 2.35. The summed E-state index contributed by atoms with van der Waals surface area (Å²) in [6.45, 7) is 0. The molecular weight excluding hydrogens is 290 g/mol. The van der Waals surface area contributed by atoms with E-state index < -0.39 is 0 Å². The molecule has 3 rings (SSSR count). The summed E-state index contributed by atoms with van der Waals surface area (Å²) in [5, 5.41) is 3.41. The van der Waals surface area contributed by atoms with E-state index in [1.807, 2.05) is 48.5 Å². The lowest BCUT2D eigenvalue weighted by molar-refractivity contribution is 0.0990. The van der Waals surface area contributed by atoms with Gasteiger partial charge in [-0.15, -0.1) is 0 Å². The lowest BCUT2D eigenvalue weighted by atomic mass is 10.1. The van der Waals surface area contributed by atoms with E-state index in [2.05, 4.69) is 21.2 Å². The van der Waals surface area contributed by atoms with Crippen LogP contribution in [0.5, 0.6) is 0 Å². The maximum absolute atomic E-state index is 11.9. The predicted molar refractivity (Wildman–Crippen MR) is 75.9 cm³/mol. The smallest absolute Gasteiger partial charge is 0.165 e. The Morgan fingerprint density at radius 1 is 1.11 bits per heavy atom. The van der Waals surface area contributed by atoms with Crippen LogP contribution in [0.15, 0.2) is 53.0 Å². The highest BCUT2D eigenvalue weighted by Crippen LogP contribution is 2.35. The van der Waals surface area contributed by atoms with Crippen LogP contribution in [0.4, 0.5) is 5.69 Å². The van der Waals surface area contributed by atoms with E-state index in [0.29, 0.717) is 6.42 Å². The van der Waals surface area contributed by atoms with Crippen molar-refractivity contribution in [2.45, 2.75) is 12.5 Å². The van der Waals surface area contributed by atoms with E-state index in [4.69, 9.17) is 0 Å². The summed E-state index contributed by atoms with van der Waals surface area (Å²) in [5.74, 6) is 0.214. The molecule has 0 radical (unpaired) electrons. The Morgan fingerprint density at radius 3 is 2.67 bits per heavy atom. The molecule has 0 fully saturated rings. The van der Waals surface area contributed by atoms with Gasteiger partial charge in [-0.3, -0.25) is 4.79 Å². The van der Waals surface area contributed by atoms with E-state index in [1.54, 1.807) is 0 Å². The highest BCUT2D eigenvalue weighted by atomic mass is 79.9. The number of carbonyl (C=O) groups excluding carboxylic acids is 1. The molecule has 90 valence electrons. The number of anilines is 1. The molecule has 0 amide bonds. The van der Waals surface area contributed by atoms with Gasteiger partial charge in [0.05, 0.1) is 6.04 Å². The summed E-state index contributed by atoms with van der Waals surface area (Å²) in [5.41, 5.74) is 2.97. The number of rotatable bonds is 2. The van der Waals surface area contributed by atoms with E-state index in [9.17, 15) is 4.79 Å². The molecule has 0 heterocycles. The van der Waals surface area contributed by atoms with Crippen LogP contribution in [0, 0.1) is 0 Å². The zero-order chi connectivity index (χ0) is 12.5. The molecule has 0 bridgehead atoms. The number of nitrogens with one attached hydrogen (secondary N) is 1. The van der Waals surface area contributed by atoms with Gasteiger partial charge in [0.15, 0.2) is 5.78 Å². The van der Waals surface area contributed by atoms with Crippen molar-refractivity contribution in [3.8, 4) is 0 Å². The summed E-state index contributed by atoms with van der Waals surface area (Å²) in [4.78, 5) is 11.9. The van der Waals surface area contributed by atoms with Crippen LogP contribution < -0.4 is 5.32 Å². The Bertz CT molecular complexity index is 595. The van der Waals surface area contributed by atoms with Crippen LogP contribution in [0.3, 0.4) is 0 Å². The minimum Gasteiger partial charge on any atom is -0.378 e. The zero-order valence-corrected chi connectivity index (χ0v) is 11.3. The van der Waals surface area contributed by atoms with Crippen molar-refractivity contribution in [2.75, 3.05) is 5.32 Å². The van der Waals surface area contributed by atoms with E-state index in [1.165, 1.54) is 0 Å². The quantitative estimate of drug-likeness (QED) is 0.901. The third-order valence-corrected chi connectivity index (χ3v) is 3.69. The molecule has 2 nitrogen and oxygen atoms in total. The monoisotopic (exact) mass is 301 g/mol. The molecule has 1 unspecified atom stereocenters. The molecule has 0 aliphatic heterocycles. The lowest BCUT2D eigenvalue weighted by Crippen LogP contribution is -2.07. The van der Waals surface area contributed by atoms with Gasteiger partial charge in [-0.05, 0) is 35.9 Å². The standard InChI is InChI=1S/C15H12BrNO/c16-10-6-7-12-13(8-10)14(9-15(12)18)17-11-4-2-1-3-5-11/h1-8,14,17H,9H2. The second kappa shape index (κ2) is 4.58. The molecule has 1 N–H and O–H groups in total. The van der Waals surface area contributed by atoms with Crippen molar-refractivity contribution in [3.05, 3.63) is 64.1 Å². The van der Waals surface area contributed by atoms with Crippen LogP contribution in [-0.4, -0.2) is 5.78 Å². The molecule has 1 aliphatic carbocycles. The molecule has 1 atom stereocenters. The van der Waals surface area contributed by atoms with Crippen molar-refractivity contribution in [3.63, 3.8) is 0 Å². The van der Waals surface area contributed by atoms with Crippen molar-refractivity contribution in [2.24, 2.45) is 0 Å². The number of fused-ring (bicyclic) bond motifs is 1. The highest BCUT2D eigenvalue weighted by Gasteiger charge is 2.29. The number of para-hydroxylation sites is 1. The first-order chi connectivity index (χ1) is 8.74. The molecule has 1 aliphatic rings. The van der Waals surface area contributed by atoms with Gasteiger partial charge in [0.2, 0.25) is 0 Å². The maximum Gasteiger partial charge on any atom is 0.165 e. The summed E-state index contributed by atoms with van der Waals surface area (Å²) in [6.07, 6.45) is 0.528. The van der Waals surface area contributed by atoms with Crippen molar-refractivity contribution in [1.29, 1.82) is 0 Å². The van der Waals surface area contributed by atoms with Gasteiger partial charge in [0.25, 0.3) is 0 Å². The average molecular weight is 302 g/mol. The van der Waals surface area contributed by atoms with Gasteiger partial charge in [0.1, 0.15) is 0 Å². The Labute approximate surface area is 114 Å². The number of Topliss-reactive ketones (excluding diaryl/α,β-unsaturated/α-hetero) is 1. The topological polar surface area (TPSA) is 29.1 Å². The SMILES string of the molecule is O=C1CC(Nc2ccccc2)c2cc(Br)ccc21. The van der Waals surface area contributed by atoms with Crippen LogP contribution in [0.25, 0.3) is 0 Å². The number of hydrogen-bond donors (Lipinski definition) is 1. The number of halogens is 1. The maximum atomic E-state index is 11.9. The first-order valence-electron chi connectivity index (χ1n) is 5.88. The van der Waals surface area contributed by atoms with Crippen LogP contribution in [0.1, 0.15) is 28.4 Å². The lowest BCUT2D eigenvalue weighted by Gasteiger charge is -2.14. The van der Waals surface area contributed by atoms with E-state index >= 15 is 0 Å². The first-order valence-corrected chi connectivity index (χ1v) is 6.67. The van der Waals surface area contributed by atoms with Crippen molar-refractivity contribution >= 4 is 27.4 Å². The van der Waals surface area contributed by atoms with E-state index in [-0.39, 0.29) is 11.8 Å². The number of benzene rings is 2. The summed E-state index contributed by atoms with van der Waals surface area (Å²) in [6, 6.07) is 15.9. The molecule has 18 heavy (non-hydrogen) atoms. The molecule has 2 aromatic rings. The number of ketones is 1. The molecule has 0 spiro atoms. The Balaban J connectivity index is 1.93. The van der Waals surface area contributed by atoms with Crippen LogP contribution in [0.2, 0.25) is 0 Å². The molecule has 2 aromatic carbocycles. The third-order valence-electron chi connectivity index (χ3n) is 3.19. The second-order valence-corrected chi connectivity index (χ2v) is 5.34. The van der Waals surface area contributed by atoms with Gasteiger partial charge in [-0.1, -0.05) is 34.1 Å². The fraction of sp³-hybridized carbons (Fsp3) is 0.133. The highest BCUT2D eigenvalue weighted by molar-refractivity contribution is 9.10. The Kier molecular flexibility index (Phi) is 2.92.